The lowest BCUT2D eigenvalue weighted by Crippen LogP contribution is -2.03. The van der Waals surface area contributed by atoms with Gasteiger partial charge in [0.2, 0.25) is 0 Å². The molecule has 3 rings (SSSR count). The molecule has 2 heteroatoms. The van der Waals surface area contributed by atoms with Crippen LogP contribution in [-0.2, 0) is 0 Å². The number of hydrogen-bond acceptors (Lipinski definition) is 2. The average molecular weight is 403 g/mol. The van der Waals surface area contributed by atoms with Crippen LogP contribution in [0.4, 0.5) is 0 Å². The number of aryl methyl sites for hydroxylation is 2. The third-order valence-electron chi connectivity index (χ3n) is 5.59. The number of unbranched alkanes of at least 4 members (excludes halogenated alkanes) is 4. The van der Waals surface area contributed by atoms with Crippen LogP contribution in [0.25, 0.3) is 21.5 Å². The van der Waals surface area contributed by atoms with Gasteiger partial charge in [0.05, 0.1) is 13.2 Å². The lowest BCUT2D eigenvalue weighted by atomic mass is 9.95. The first-order valence-corrected chi connectivity index (χ1v) is 11.1. The molecular weight excluding hydrogens is 368 g/mol. The van der Waals surface area contributed by atoms with Crippen molar-refractivity contribution in [3.8, 4) is 11.5 Å². The summed E-state index contributed by atoms with van der Waals surface area (Å²) in [5.41, 5.74) is 2.43. The van der Waals surface area contributed by atoms with E-state index in [1.54, 1.807) is 0 Å². The second-order valence-electron chi connectivity index (χ2n) is 7.92. The Bertz CT molecular complexity index is 933. The highest BCUT2D eigenvalue weighted by atomic mass is 16.5. The first-order chi connectivity index (χ1) is 14.7. The maximum atomic E-state index is 6.43. The summed E-state index contributed by atoms with van der Waals surface area (Å²) in [7, 11) is 0. The van der Waals surface area contributed by atoms with Gasteiger partial charge in [-0.15, -0.1) is 13.2 Å². The first-order valence-electron chi connectivity index (χ1n) is 11.1. The van der Waals surface area contributed by atoms with Gasteiger partial charge >= 0.3 is 0 Å². The summed E-state index contributed by atoms with van der Waals surface area (Å²) in [6.45, 7) is 13.4. The molecule has 0 aliphatic heterocycles. The van der Waals surface area contributed by atoms with Crippen LogP contribution < -0.4 is 9.47 Å². The third kappa shape index (κ3) is 4.87. The van der Waals surface area contributed by atoms with Gasteiger partial charge in [-0.3, -0.25) is 0 Å². The van der Waals surface area contributed by atoms with Crippen molar-refractivity contribution in [3.63, 3.8) is 0 Å². The zero-order chi connectivity index (χ0) is 21.3. The molecule has 0 amide bonds. The molecule has 0 aliphatic carbocycles. The smallest absolute Gasteiger partial charge is 0.135 e. The molecule has 0 N–H and O–H groups in total. The van der Waals surface area contributed by atoms with E-state index in [9.17, 15) is 0 Å². The van der Waals surface area contributed by atoms with Crippen LogP contribution in [0, 0.1) is 13.8 Å². The van der Waals surface area contributed by atoms with E-state index in [-0.39, 0.29) is 0 Å². The van der Waals surface area contributed by atoms with Gasteiger partial charge in [0.25, 0.3) is 0 Å². The Kier molecular flexibility index (Phi) is 7.96. The SMILES string of the molecule is C=CCCCCOc1c2cccc(C)c2c(OCCCCC=C)c2cccc(C)c12. The van der Waals surface area contributed by atoms with Crippen LogP contribution in [-0.4, -0.2) is 13.2 Å². The van der Waals surface area contributed by atoms with Gasteiger partial charge in [0.15, 0.2) is 0 Å². The van der Waals surface area contributed by atoms with Crippen LogP contribution >= 0.6 is 0 Å². The summed E-state index contributed by atoms with van der Waals surface area (Å²) in [6, 6.07) is 12.9. The standard InChI is InChI=1S/C28H34O2/c1-5-7-9-11-19-29-27-23-17-13-16-22(4)26(23)28(30-20-12-10-8-6-2)24-18-14-15-21(3)25(24)27/h5-6,13-18H,1-2,7-12,19-20H2,3-4H3. The molecule has 0 aliphatic rings. The van der Waals surface area contributed by atoms with E-state index in [0.29, 0.717) is 13.2 Å². The number of fused-ring (bicyclic) bond motifs is 2. The highest BCUT2D eigenvalue weighted by Gasteiger charge is 2.19. The predicted octanol–water partition coefficient (Wildman–Crippen LogP) is 8.08. The van der Waals surface area contributed by atoms with Crippen molar-refractivity contribution < 1.29 is 9.47 Å². The summed E-state index contributed by atoms with van der Waals surface area (Å²) in [5, 5.41) is 4.61. The molecule has 0 radical (unpaired) electrons. The van der Waals surface area contributed by atoms with Crippen LogP contribution in [0.3, 0.4) is 0 Å². The molecule has 30 heavy (non-hydrogen) atoms. The zero-order valence-corrected chi connectivity index (χ0v) is 18.5. The lowest BCUT2D eigenvalue weighted by Gasteiger charge is -2.20. The molecule has 158 valence electrons. The van der Waals surface area contributed by atoms with E-state index in [0.717, 1.165) is 60.8 Å². The monoisotopic (exact) mass is 402 g/mol. The molecule has 0 saturated carbocycles. The molecule has 0 saturated heterocycles. The Hall–Kier alpha value is -2.74. The molecule has 0 unspecified atom stereocenters. The van der Waals surface area contributed by atoms with E-state index in [4.69, 9.17) is 9.47 Å². The molecule has 0 atom stereocenters. The van der Waals surface area contributed by atoms with Crippen LogP contribution in [0.5, 0.6) is 11.5 Å². The molecule has 0 heterocycles. The largest absolute Gasteiger partial charge is 0.492 e. The number of allylic oxidation sites excluding steroid dienone is 2. The second kappa shape index (κ2) is 10.9. The third-order valence-corrected chi connectivity index (χ3v) is 5.59. The van der Waals surface area contributed by atoms with Gasteiger partial charge < -0.3 is 9.47 Å². The minimum Gasteiger partial charge on any atom is -0.492 e. The predicted molar refractivity (Wildman–Crippen MR) is 130 cm³/mol. The number of ether oxygens (including phenoxy) is 2. The Balaban J connectivity index is 2.06. The van der Waals surface area contributed by atoms with Crippen LogP contribution in [0.1, 0.15) is 49.7 Å². The second-order valence-corrected chi connectivity index (χ2v) is 7.92. The normalized spacial score (nSPS) is 11.0. The van der Waals surface area contributed by atoms with Gasteiger partial charge in [-0.1, -0.05) is 48.6 Å². The minimum absolute atomic E-state index is 0.710. The van der Waals surface area contributed by atoms with Crippen LogP contribution in [0.15, 0.2) is 61.7 Å². The highest BCUT2D eigenvalue weighted by Crippen LogP contribution is 2.45. The maximum absolute atomic E-state index is 6.43. The van der Waals surface area contributed by atoms with E-state index < -0.39 is 0 Å². The Morgan fingerprint density at radius 1 is 0.667 bits per heavy atom. The summed E-state index contributed by atoms with van der Waals surface area (Å²) in [4.78, 5) is 0. The lowest BCUT2D eigenvalue weighted by molar-refractivity contribution is 0.309. The molecule has 3 aromatic carbocycles. The summed E-state index contributed by atoms with van der Waals surface area (Å²) in [6.07, 6.45) is 10.2. The van der Waals surface area contributed by atoms with E-state index in [1.165, 1.54) is 21.9 Å². The quantitative estimate of drug-likeness (QED) is 0.173. The van der Waals surface area contributed by atoms with Gasteiger partial charge in [-0.2, -0.15) is 0 Å². The van der Waals surface area contributed by atoms with E-state index >= 15 is 0 Å². The van der Waals surface area contributed by atoms with Gasteiger partial charge in [-0.25, -0.2) is 0 Å². The van der Waals surface area contributed by atoms with Crippen molar-refractivity contribution in [1.82, 2.24) is 0 Å². The topological polar surface area (TPSA) is 18.5 Å². The molecule has 0 aromatic heterocycles. The zero-order valence-electron chi connectivity index (χ0n) is 18.5. The number of hydrogen-bond donors (Lipinski definition) is 0. The fourth-order valence-electron chi connectivity index (χ4n) is 4.02. The molecule has 0 spiro atoms. The van der Waals surface area contributed by atoms with Crippen molar-refractivity contribution in [2.75, 3.05) is 13.2 Å². The van der Waals surface area contributed by atoms with Crippen molar-refractivity contribution in [2.45, 2.75) is 52.4 Å². The Morgan fingerprint density at radius 3 is 1.50 bits per heavy atom. The van der Waals surface area contributed by atoms with Crippen LogP contribution in [0.2, 0.25) is 0 Å². The van der Waals surface area contributed by atoms with Gasteiger partial charge in [-0.05, 0) is 63.5 Å². The van der Waals surface area contributed by atoms with Crippen molar-refractivity contribution in [2.24, 2.45) is 0 Å². The average Bonchev–Trinajstić information content (AvgIpc) is 2.74. The molecule has 2 nitrogen and oxygen atoms in total. The Morgan fingerprint density at radius 2 is 1.10 bits per heavy atom. The number of benzene rings is 3. The molecule has 0 fully saturated rings. The van der Waals surface area contributed by atoms with E-state index in [2.05, 4.69) is 63.4 Å². The number of rotatable bonds is 12. The minimum atomic E-state index is 0.710. The van der Waals surface area contributed by atoms with Crippen molar-refractivity contribution >= 4 is 21.5 Å². The maximum Gasteiger partial charge on any atom is 0.135 e. The summed E-state index contributed by atoms with van der Waals surface area (Å²) < 4.78 is 12.9. The molecule has 0 bridgehead atoms. The van der Waals surface area contributed by atoms with Crippen molar-refractivity contribution in [1.29, 1.82) is 0 Å². The van der Waals surface area contributed by atoms with Gasteiger partial charge in [0, 0.05) is 21.5 Å². The summed E-state index contributed by atoms with van der Waals surface area (Å²) >= 11 is 0. The molecule has 3 aromatic rings. The van der Waals surface area contributed by atoms with Gasteiger partial charge in [0.1, 0.15) is 11.5 Å². The Labute approximate surface area is 181 Å². The summed E-state index contributed by atoms with van der Waals surface area (Å²) in [5.74, 6) is 1.97. The van der Waals surface area contributed by atoms with E-state index in [1.807, 2.05) is 12.2 Å². The van der Waals surface area contributed by atoms with Crippen molar-refractivity contribution in [3.05, 3.63) is 72.8 Å². The molecular formula is C28H34O2. The fourth-order valence-corrected chi connectivity index (χ4v) is 4.02. The highest BCUT2D eigenvalue weighted by molar-refractivity contribution is 6.13. The first kappa shape index (κ1) is 22.0. The fraction of sp³-hybridized carbons (Fsp3) is 0.357.